The van der Waals surface area contributed by atoms with Crippen LogP contribution in [0.25, 0.3) is 0 Å². The van der Waals surface area contributed by atoms with E-state index in [1.165, 1.54) is 11.8 Å². The van der Waals surface area contributed by atoms with E-state index in [1.807, 2.05) is 32.0 Å². The van der Waals surface area contributed by atoms with Crippen LogP contribution in [0.2, 0.25) is 5.02 Å². The molecule has 0 saturated heterocycles. The minimum Gasteiger partial charge on any atom is -0.341 e. The first-order valence-corrected chi connectivity index (χ1v) is 6.56. The van der Waals surface area contributed by atoms with Gasteiger partial charge in [-0.1, -0.05) is 23.4 Å². The lowest BCUT2D eigenvalue weighted by Gasteiger charge is -2.23. The van der Waals surface area contributed by atoms with E-state index in [9.17, 15) is 0 Å². The number of halogens is 1. The first-order valence-electron chi connectivity index (χ1n) is 5.30. The summed E-state index contributed by atoms with van der Waals surface area (Å²) >= 11 is 7.42. The number of amidine groups is 1. The number of anilines is 1. The van der Waals surface area contributed by atoms with Gasteiger partial charge in [0.1, 0.15) is 5.84 Å². The fourth-order valence-electron chi connectivity index (χ4n) is 1.55. The predicted octanol–water partition coefficient (Wildman–Crippen LogP) is 3.56. The third-order valence-electron chi connectivity index (χ3n) is 2.21. The molecule has 0 amide bonds. The van der Waals surface area contributed by atoms with Gasteiger partial charge in [-0.3, -0.25) is 4.99 Å². The smallest absolute Gasteiger partial charge is 0.153 e. The van der Waals surface area contributed by atoms with Crippen LogP contribution in [0.1, 0.15) is 13.8 Å². The molecule has 1 N–H and O–H groups in total. The van der Waals surface area contributed by atoms with Gasteiger partial charge in [-0.15, -0.1) is 0 Å². The molecular weight excluding hydrogens is 254 g/mol. The number of hydrogen-bond acceptors (Lipinski definition) is 3. The molecule has 0 fully saturated rings. The average molecular weight is 266 g/mol. The second kappa shape index (κ2) is 4.99. The van der Waals surface area contributed by atoms with Crippen LogP contribution in [-0.4, -0.2) is 17.1 Å². The lowest BCUT2D eigenvalue weighted by atomic mass is 10.3. The molecule has 2 rings (SSSR count). The predicted molar refractivity (Wildman–Crippen MR) is 72.9 cm³/mol. The van der Waals surface area contributed by atoms with Crippen molar-refractivity contribution in [3.8, 4) is 6.07 Å². The maximum Gasteiger partial charge on any atom is 0.153 e. The third-order valence-corrected chi connectivity index (χ3v) is 3.61. The number of aliphatic imine (C=N–C) groups is 1. The topological polar surface area (TPSA) is 48.2 Å². The van der Waals surface area contributed by atoms with E-state index >= 15 is 0 Å². The van der Waals surface area contributed by atoms with Gasteiger partial charge in [-0.2, -0.15) is 5.26 Å². The number of fused-ring (bicyclic) bond motifs is 1. The minimum atomic E-state index is -0.289. The van der Waals surface area contributed by atoms with E-state index in [4.69, 9.17) is 16.9 Å². The number of benzene rings is 1. The third kappa shape index (κ3) is 2.74. The Balaban J connectivity index is 2.38. The Morgan fingerprint density at radius 2 is 2.29 bits per heavy atom. The van der Waals surface area contributed by atoms with Crippen molar-refractivity contribution in [2.45, 2.75) is 30.0 Å². The zero-order valence-corrected chi connectivity index (χ0v) is 11.1. The maximum atomic E-state index is 9.14. The Morgan fingerprint density at radius 3 is 2.94 bits per heavy atom. The summed E-state index contributed by atoms with van der Waals surface area (Å²) in [5.41, 5.74) is 0.963. The molecule has 1 atom stereocenters. The van der Waals surface area contributed by atoms with Gasteiger partial charge in [-0.25, -0.2) is 0 Å². The molecule has 1 unspecified atom stereocenters. The van der Waals surface area contributed by atoms with Gasteiger partial charge in [0, 0.05) is 16.0 Å². The van der Waals surface area contributed by atoms with E-state index in [1.54, 1.807) is 0 Å². The fourth-order valence-corrected chi connectivity index (χ4v) is 2.76. The highest BCUT2D eigenvalue weighted by molar-refractivity contribution is 8.01. The molecule has 0 radical (unpaired) electrons. The normalized spacial score (nSPS) is 20.9. The molecule has 0 bridgehead atoms. The van der Waals surface area contributed by atoms with Crippen LogP contribution in [-0.2, 0) is 0 Å². The Labute approximate surface area is 110 Å². The van der Waals surface area contributed by atoms with Crippen molar-refractivity contribution in [3.05, 3.63) is 23.2 Å². The highest BCUT2D eigenvalue weighted by Crippen LogP contribution is 2.37. The summed E-state index contributed by atoms with van der Waals surface area (Å²) in [5.74, 6) is 0.724. The number of nitrogens with one attached hydrogen (secondary N) is 1. The molecule has 88 valence electrons. The number of hydrogen-bond donors (Lipinski definition) is 1. The van der Waals surface area contributed by atoms with Crippen LogP contribution < -0.4 is 5.32 Å². The van der Waals surface area contributed by atoms with Crippen LogP contribution in [0.3, 0.4) is 0 Å². The molecule has 3 nitrogen and oxygen atoms in total. The summed E-state index contributed by atoms with van der Waals surface area (Å²) in [6.45, 7) is 3.98. The molecule has 0 saturated carbocycles. The molecule has 1 aliphatic heterocycles. The SMILES string of the molecule is CC(C)N=C1Nc2ccc(Cl)cc2SC1C#N. The fraction of sp³-hybridized carbons (Fsp3) is 0.333. The van der Waals surface area contributed by atoms with E-state index in [2.05, 4.69) is 16.4 Å². The molecule has 1 aromatic carbocycles. The van der Waals surface area contributed by atoms with Gasteiger partial charge in [0.05, 0.1) is 11.8 Å². The first kappa shape index (κ1) is 12.3. The Hall–Kier alpha value is -1.18. The summed E-state index contributed by atoms with van der Waals surface area (Å²) < 4.78 is 0. The molecular formula is C12H12ClN3S. The van der Waals surface area contributed by atoms with Crippen molar-refractivity contribution in [2.24, 2.45) is 4.99 Å². The molecule has 17 heavy (non-hydrogen) atoms. The van der Waals surface area contributed by atoms with Crippen molar-refractivity contribution < 1.29 is 0 Å². The highest BCUT2D eigenvalue weighted by Gasteiger charge is 2.25. The van der Waals surface area contributed by atoms with E-state index in [0.717, 1.165) is 16.4 Å². The number of rotatable bonds is 1. The van der Waals surface area contributed by atoms with Crippen LogP contribution in [0, 0.1) is 11.3 Å². The van der Waals surface area contributed by atoms with Gasteiger partial charge in [0.2, 0.25) is 0 Å². The second-order valence-electron chi connectivity index (χ2n) is 4.00. The van der Waals surface area contributed by atoms with Crippen LogP contribution in [0.5, 0.6) is 0 Å². The van der Waals surface area contributed by atoms with Crippen molar-refractivity contribution in [3.63, 3.8) is 0 Å². The Kier molecular flexibility index (Phi) is 3.60. The van der Waals surface area contributed by atoms with Gasteiger partial charge in [0.15, 0.2) is 5.25 Å². The van der Waals surface area contributed by atoms with Crippen molar-refractivity contribution >= 4 is 34.9 Å². The van der Waals surface area contributed by atoms with Crippen LogP contribution >= 0.6 is 23.4 Å². The zero-order valence-electron chi connectivity index (χ0n) is 9.57. The monoisotopic (exact) mass is 265 g/mol. The quantitative estimate of drug-likeness (QED) is 0.845. The molecule has 0 spiro atoms. The summed E-state index contributed by atoms with van der Waals surface area (Å²) in [6, 6.07) is 8.02. The van der Waals surface area contributed by atoms with Gasteiger partial charge >= 0.3 is 0 Å². The summed E-state index contributed by atoms with van der Waals surface area (Å²) in [6.07, 6.45) is 0. The molecule has 1 aliphatic rings. The molecule has 5 heteroatoms. The largest absolute Gasteiger partial charge is 0.341 e. The second-order valence-corrected chi connectivity index (χ2v) is 5.58. The van der Waals surface area contributed by atoms with Crippen molar-refractivity contribution in [2.75, 3.05) is 5.32 Å². The van der Waals surface area contributed by atoms with Crippen molar-refractivity contribution in [1.29, 1.82) is 5.26 Å². The number of nitriles is 1. The Bertz CT molecular complexity index is 505. The summed E-state index contributed by atoms with van der Waals surface area (Å²) in [7, 11) is 0. The van der Waals surface area contributed by atoms with Gasteiger partial charge < -0.3 is 5.32 Å². The highest BCUT2D eigenvalue weighted by atomic mass is 35.5. The zero-order chi connectivity index (χ0) is 12.4. The molecule has 0 aliphatic carbocycles. The van der Waals surface area contributed by atoms with E-state index in [-0.39, 0.29) is 11.3 Å². The maximum absolute atomic E-state index is 9.14. The van der Waals surface area contributed by atoms with E-state index < -0.39 is 0 Å². The standard InChI is InChI=1S/C12H12ClN3S/c1-7(2)15-12-11(6-14)17-10-5-8(13)3-4-9(10)16-12/h3-5,7,11H,1-2H3,(H,15,16). The lowest BCUT2D eigenvalue weighted by molar-refractivity contribution is 0.832. The van der Waals surface area contributed by atoms with Gasteiger partial charge in [0.25, 0.3) is 0 Å². The minimum absolute atomic E-state index is 0.169. The number of thioether (sulfide) groups is 1. The van der Waals surface area contributed by atoms with Crippen LogP contribution in [0.4, 0.5) is 5.69 Å². The molecule has 1 heterocycles. The summed E-state index contributed by atoms with van der Waals surface area (Å²) in [4.78, 5) is 5.43. The Morgan fingerprint density at radius 1 is 1.53 bits per heavy atom. The van der Waals surface area contributed by atoms with Crippen molar-refractivity contribution in [1.82, 2.24) is 0 Å². The van der Waals surface area contributed by atoms with Gasteiger partial charge in [-0.05, 0) is 32.0 Å². The molecule has 0 aromatic heterocycles. The molecule has 1 aromatic rings. The number of nitrogens with zero attached hydrogens (tertiary/aromatic N) is 2. The van der Waals surface area contributed by atoms with E-state index in [0.29, 0.717) is 5.02 Å². The first-order chi connectivity index (χ1) is 8.10. The van der Waals surface area contributed by atoms with Crippen LogP contribution in [0.15, 0.2) is 28.1 Å². The summed E-state index contributed by atoms with van der Waals surface area (Å²) in [5, 5.41) is 12.7. The average Bonchev–Trinajstić information content (AvgIpc) is 2.28. The lowest BCUT2D eigenvalue weighted by Crippen LogP contribution is -2.29.